The summed E-state index contributed by atoms with van der Waals surface area (Å²) in [6, 6.07) is 0. The lowest BCUT2D eigenvalue weighted by molar-refractivity contribution is 0.533. The second-order valence-corrected chi connectivity index (χ2v) is 8.65. The molecule has 24 heavy (non-hydrogen) atoms. The van der Waals surface area contributed by atoms with Crippen LogP contribution in [0, 0.1) is 0 Å². The Balaban J connectivity index is 3.17. The fourth-order valence-corrected chi connectivity index (χ4v) is 3.41. The maximum atomic E-state index is 11.2. The average molecular weight is 357 g/mol. The molecule has 0 saturated heterocycles. The van der Waals surface area contributed by atoms with Crippen molar-refractivity contribution in [2.24, 2.45) is 0 Å². The monoisotopic (exact) mass is 356 g/mol. The number of rotatable bonds is 18. The molecule has 0 aliphatic rings. The molecule has 0 radical (unpaired) electrons. The lowest BCUT2D eigenvalue weighted by atomic mass is 10.0. The van der Waals surface area contributed by atoms with Gasteiger partial charge in [-0.2, -0.15) is 0 Å². The standard InChI is InChI=1S/C21H40O2S/c1-3-5-6-7-8-9-10-11-12-13-14-15-16-17-18-19-20-21-24(22,23)4-2/h4,20-21H,2-3,5-19H2,1H3. The lowest BCUT2D eigenvalue weighted by Gasteiger charge is -2.03. The van der Waals surface area contributed by atoms with E-state index in [2.05, 4.69) is 13.5 Å². The molecule has 0 aliphatic heterocycles. The van der Waals surface area contributed by atoms with Gasteiger partial charge in [-0.25, -0.2) is 8.42 Å². The SMILES string of the molecule is C=CS(=O)(=O)C=CCCCCCCCCCCCCCCCCC. The van der Waals surface area contributed by atoms with Crippen LogP contribution in [0.25, 0.3) is 0 Å². The molecule has 0 unspecified atom stereocenters. The van der Waals surface area contributed by atoms with Crippen molar-refractivity contribution in [2.75, 3.05) is 0 Å². The third-order valence-corrected chi connectivity index (χ3v) is 5.53. The van der Waals surface area contributed by atoms with Crippen molar-refractivity contribution in [3.8, 4) is 0 Å². The topological polar surface area (TPSA) is 34.1 Å². The van der Waals surface area contributed by atoms with Crippen LogP contribution in [-0.2, 0) is 9.84 Å². The highest BCUT2D eigenvalue weighted by Gasteiger charge is 1.96. The van der Waals surface area contributed by atoms with E-state index in [0.29, 0.717) is 0 Å². The smallest absolute Gasteiger partial charge is 0.192 e. The van der Waals surface area contributed by atoms with Gasteiger partial charge < -0.3 is 0 Å². The molecule has 142 valence electrons. The molecular formula is C21H40O2S. The summed E-state index contributed by atoms with van der Waals surface area (Å²) in [5.41, 5.74) is 0. The number of unbranched alkanes of at least 4 members (excludes halogenated alkanes) is 15. The first-order chi connectivity index (χ1) is 11.6. The molecule has 0 saturated carbocycles. The number of allylic oxidation sites excluding steroid dienone is 1. The summed E-state index contributed by atoms with van der Waals surface area (Å²) >= 11 is 0. The Morgan fingerprint density at radius 2 is 1.04 bits per heavy atom. The summed E-state index contributed by atoms with van der Waals surface area (Å²) in [5, 5.41) is 2.26. The van der Waals surface area contributed by atoms with Gasteiger partial charge in [-0.05, 0) is 12.8 Å². The summed E-state index contributed by atoms with van der Waals surface area (Å²) in [6.45, 7) is 5.56. The van der Waals surface area contributed by atoms with Crippen LogP contribution in [0.15, 0.2) is 23.5 Å². The third kappa shape index (κ3) is 17.8. The minimum absolute atomic E-state index is 0.853. The van der Waals surface area contributed by atoms with Crippen molar-refractivity contribution in [1.82, 2.24) is 0 Å². The summed E-state index contributed by atoms with van der Waals surface area (Å²) in [7, 11) is -3.16. The van der Waals surface area contributed by atoms with Gasteiger partial charge in [0.15, 0.2) is 9.84 Å². The van der Waals surface area contributed by atoms with Crippen LogP contribution in [0.1, 0.15) is 110 Å². The Morgan fingerprint density at radius 1 is 0.667 bits per heavy atom. The van der Waals surface area contributed by atoms with Crippen LogP contribution in [0.3, 0.4) is 0 Å². The largest absolute Gasteiger partial charge is 0.220 e. The zero-order valence-corrected chi connectivity index (χ0v) is 16.8. The van der Waals surface area contributed by atoms with Gasteiger partial charge in [-0.3, -0.25) is 0 Å². The van der Waals surface area contributed by atoms with Gasteiger partial charge in [0.25, 0.3) is 0 Å². The highest BCUT2D eigenvalue weighted by Crippen LogP contribution is 2.13. The van der Waals surface area contributed by atoms with E-state index in [1.54, 1.807) is 6.08 Å². The minimum atomic E-state index is -3.16. The second-order valence-electron chi connectivity index (χ2n) is 6.87. The van der Waals surface area contributed by atoms with E-state index in [1.165, 1.54) is 95.3 Å². The molecule has 2 nitrogen and oxygen atoms in total. The molecule has 0 rings (SSSR count). The minimum Gasteiger partial charge on any atom is -0.220 e. The second kappa shape index (κ2) is 17.3. The summed E-state index contributed by atoms with van der Waals surface area (Å²) in [5.74, 6) is 0. The molecule has 0 spiro atoms. The Labute approximate surface area is 151 Å². The molecule has 0 fully saturated rings. The molecule has 0 heterocycles. The molecule has 0 aromatic carbocycles. The van der Waals surface area contributed by atoms with Crippen LogP contribution in [-0.4, -0.2) is 8.42 Å². The zero-order valence-electron chi connectivity index (χ0n) is 16.0. The molecule has 0 aromatic heterocycles. The zero-order chi connectivity index (χ0) is 17.9. The van der Waals surface area contributed by atoms with Gasteiger partial charge in [-0.1, -0.05) is 109 Å². The van der Waals surface area contributed by atoms with Crippen LogP contribution in [0.2, 0.25) is 0 Å². The lowest BCUT2D eigenvalue weighted by Crippen LogP contribution is -1.86. The first kappa shape index (κ1) is 23.4. The molecule has 0 atom stereocenters. The van der Waals surface area contributed by atoms with Gasteiger partial charge in [0.05, 0.1) is 0 Å². The molecular weight excluding hydrogens is 316 g/mol. The van der Waals surface area contributed by atoms with E-state index in [0.717, 1.165) is 18.2 Å². The highest BCUT2D eigenvalue weighted by molar-refractivity contribution is 7.97. The number of hydrogen-bond acceptors (Lipinski definition) is 2. The van der Waals surface area contributed by atoms with E-state index < -0.39 is 9.84 Å². The number of sulfone groups is 1. The van der Waals surface area contributed by atoms with Gasteiger partial charge in [-0.15, -0.1) is 0 Å². The van der Waals surface area contributed by atoms with Crippen LogP contribution < -0.4 is 0 Å². The van der Waals surface area contributed by atoms with Crippen LogP contribution in [0.5, 0.6) is 0 Å². The summed E-state index contributed by atoms with van der Waals surface area (Å²) in [4.78, 5) is 0. The van der Waals surface area contributed by atoms with Crippen molar-refractivity contribution in [3.63, 3.8) is 0 Å². The van der Waals surface area contributed by atoms with E-state index in [4.69, 9.17) is 0 Å². The Bertz CT molecular complexity index is 396. The van der Waals surface area contributed by atoms with Crippen molar-refractivity contribution in [1.29, 1.82) is 0 Å². The molecule has 0 aliphatic carbocycles. The summed E-state index contributed by atoms with van der Waals surface area (Å²) < 4.78 is 22.3. The normalized spacial score (nSPS) is 12.0. The maximum absolute atomic E-state index is 11.2. The van der Waals surface area contributed by atoms with E-state index in [-0.39, 0.29) is 0 Å². The van der Waals surface area contributed by atoms with Crippen molar-refractivity contribution in [2.45, 2.75) is 110 Å². The molecule has 0 N–H and O–H groups in total. The average Bonchev–Trinajstić information content (AvgIpc) is 2.57. The van der Waals surface area contributed by atoms with E-state index in [9.17, 15) is 8.42 Å². The van der Waals surface area contributed by atoms with Crippen molar-refractivity contribution >= 4 is 9.84 Å². The molecule has 3 heteroatoms. The molecule has 0 bridgehead atoms. The first-order valence-corrected chi connectivity index (χ1v) is 11.8. The Morgan fingerprint density at radius 3 is 1.42 bits per heavy atom. The van der Waals surface area contributed by atoms with Gasteiger partial charge in [0.1, 0.15) is 0 Å². The highest BCUT2D eigenvalue weighted by atomic mass is 32.2. The fraction of sp³-hybridized carbons (Fsp3) is 0.810. The first-order valence-electron chi connectivity index (χ1n) is 10.2. The van der Waals surface area contributed by atoms with E-state index in [1.807, 2.05) is 0 Å². The van der Waals surface area contributed by atoms with Crippen molar-refractivity contribution in [3.05, 3.63) is 23.5 Å². The third-order valence-electron chi connectivity index (χ3n) is 4.49. The van der Waals surface area contributed by atoms with E-state index >= 15 is 0 Å². The van der Waals surface area contributed by atoms with Crippen LogP contribution in [0.4, 0.5) is 0 Å². The van der Waals surface area contributed by atoms with Gasteiger partial charge in [0.2, 0.25) is 0 Å². The predicted molar refractivity (Wildman–Crippen MR) is 108 cm³/mol. The van der Waals surface area contributed by atoms with Gasteiger partial charge >= 0.3 is 0 Å². The summed E-state index contributed by atoms with van der Waals surface area (Å²) in [6.07, 6.45) is 22.9. The Kier molecular flexibility index (Phi) is 16.8. The quantitative estimate of drug-likeness (QED) is 0.241. The molecule has 0 amide bonds. The maximum Gasteiger partial charge on any atom is 0.192 e. The van der Waals surface area contributed by atoms with Crippen LogP contribution >= 0.6 is 0 Å². The Hall–Kier alpha value is -0.570. The predicted octanol–water partition coefficient (Wildman–Crippen LogP) is 7.32. The molecule has 0 aromatic rings. The fourth-order valence-electron chi connectivity index (χ4n) is 2.89. The van der Waals surface area contributed by atoms with Gasteiger partial charge in [0, 0.05) is 10.8 Å². The van der Waals surface area contributed by atoms with Crippen molar-refractivity contribution < 1.29 is 8.42 Å². The number of hydrogen-bond donors (Lipinski definition) is 0.